The number of hydrogen-bond donors (Lipinski definition) is 1. The zero-order chi connectivity index (χ0) is 23.4. The minimum Gasteiger partial charge on any atom is -0.490 e. The Hall–Kier alpha value is -3.94. The molecule has 0 spiro atoms. The number of non-ortho nitro benzene ring substituents is 1. The number of para-hydroxylation sites is 1. The van der Waals surface area contributed by atoms with Gasteiger partial charge in [-0.25, -0.2) is 4.79 Å². The lowest BCUT2D eigenvalue weighted by molar-refractivity contribution is -0.384. The van der Waals surface area contributed by atoms with Crippen molar-refractivity contribution in [1.82, 2.24) is 5.32 Å². The first-order valence-electron chi connectivity index (χ1n) is 10.8. The maximum atomic E-state index is 13.1. The average molecular weight is 448 g/mol. The van der Waals surface area contributed by atoms with Crippen LogP contribution in [0.5, 0.6) is 5.75 Å². The summed E-state index contributed by atoms with van der Waals surface area (Å²) in [7, 11) is 0. The fourth-order valence-corrected chi connectivity index (χ4v) is 4.26. The standard InChI is InChI=1S/C25H24N2O6/c1-16-22(25(29)33-15-14-32-19-6-3-2-4-7-19)23(17-10-12-18(13-11-17)27(30)31)24-20(26-16)8-5-9-21(24)28/h2-4,6-7,10-13,23,26H,5,8-9,14-15H2,1H3. The number of allylic oxidation sites excluding steroid dienone is 3. The van der Waals surface area contributed by atoms with Gasteiger partial charge in [0.15, 0.2) is 5.78 Å². The maximum Gasteiger partial charge on any atom is 0.336 e. The van der Waals surface area contributed by atoms with E-state index in [0.717, 1.165) is 12.1 Å². The number of ether oxygens (including phenoxy) is 2. The third kappa shape index (κ3) is 4.79. The van der Waals surface area contributed by atoms with Crippen molar-refractivity contribution in [2.45, 2.75) is 32.1 Å². The van der Waals surface area contributed by atoms with E-state index in [1.807, 2.05) is 30.3 Å². The number of carbonyl (C=O) groups excluding carboxylic acids is 2. The molecule has 4 rings (SSSR count). The van der Waals surface area contributed by atoms with Crippen LogP contribution in [0.3, 0.4) is 0 Å². The molecule has 1 heterocycles. The topological polar surface area (TPSA) is 108 Å². The number of Topliss-reactive ketones (excluding diaryl/α,β-unsaturated/α-hetero) is 1. The number of nitro benzene ring substituents is 1. The van der Waals surface area contributed by atoms with E-state index in [4.69, 9.17) is 9.47 Å². The molecule has 33 heavy (non-hydrogen) atoms. The second kappa shape index (κ2) is 9.68. The molecule has 0 radical (unpaired) electrons. The zero-order valence-electron chi connectivity index (χ0n) is 18.2. The van der Waals surface area contributed by atoms with Gasteiger partial charge >= 0.3 is 5.97 Å². The van der Waals surface area contributed by atoms with E-state index in [-0.39, 0.29) is 24.7 Å². The molecular weight excluding hydrogens is 424 g/mol. The highest BCUT2D eigenvalue weighted by atomic mass is 16.6. The van der Waals surface area contributed by atoms with Gasteiger partial charge in [-0.3, -0.25) is 14.9 Å². The fraction of sp³-hybridized carbons (Fsp3) is 0.280. The summed E-state index contributed by atoms with van der Waals surface area (Å²) in [4.78, 5) is 36.6. The lowest BCUT2D eigenvalue weighted by Crippen LogP contribution is -2.34. The predicted molar refractivity (Wildman–Crippen MR) is 120 cm³/mol. The summed E-state index contributed by atoms with van der Waals surface area (Å²) >= 11 is 0. The number of rotatable bonds is 7. The largest absolute Gasteiger partial charge is 0.490 e. The van der Waals surface area contributed by atoms with E-state index in [9.17, 15) is 19.7 Å². The Labute approximate surface area is 191 Å². The van der Waals surface area contributed by atoms with Gasteiger partial charge in [0.25, 0.3) is 5.69 Å². The molecule has 1 aliphatic heterocycles. The van der Waals surface area contributed by atoms with E-state index in [1.165, 1.54) is 12.1 Å². The van der Waals surface area contributed by atoms with Gasteiger partial charge in [-0.2, -0.15) is 0 Å². The highest BCUT2D eigenvalue weighted by Gasteiger charge is 2.39. The summed E-state index contributed by atoms with van der Waals surface area (Å²) in [6, 6.07) is 15.2. The van der Waals surface area contributed by atoms with Crippen LogP contribution in [0, 0.1) is 10.1 Å². The van der Waals surface area contributed by atoms with Gasteiger partial charge in [0.2, 0.25) is 0 Å². The number of hydrogen-bond acceptors (Lipinski definition) is 7. The Balaban J connectivity index is 1.58. The molecule has 0 amide bonds. The summed E-state index contributed by atoms with van der Waals surface area (Å²) in [6.07, 6.45) is 1.84. The highest BCUT2D eigenvalue weighted by Crippen LogP contribution is 2.42. The van der Waals surface area contributed by atoms with Crippen molar-refractivity contribution in [1.29, 1.82) is 0 Å². The molecule has 1 atom stereocenters. The van der Waals surface area contributed by atoms with Gasteiger partial charge in [-0.05, 0) is 37.5 Å². The van der Waals surface area contributed by atoms with Gasteiger partial charge in [-0.1, -0.05) is 30.3 Å². The minimum atomic E-state index is -0.641. The van der Waals surface area contributed by atoms with E-state index in [1.54, 1.807) is 19.1 Å². The number of benzene rings is 2. The molecule has 1 unspecified atom stereocenters. The van der Waals surface area contributed by atoms with Crippen molar-refractivity contribution < 1.29 is 24.0 Å². The molecule has 2 aliphatic rings. The number of nitrogens with zero attached hydrogens (tertiary/aromatic N) is 1. The molecule has 2 aromatic carbocycles. The molecule has 8 nitrogen and oxygen atoms in total. The van der Waals surface area contributed by atoms with Crippen LogP contribution >= 0.6 is 0 Å². The zero-order valence-corrected chi connectivity index (χ0v) is 18.2. The van der Waals surface area contributed by atoms with Gasteiger partial charge < -0.3 is 14.8 Å². The second-order valence-corrected chi connectivity index (χ2v) is 7.91. The van der Waals surface area contributed by atoms with Crippen molar-refractivity contribution in [2.24, 2.45) is 0 Å². The number of esters is 1. The third-order valence-corrected chi connectivity index (χ3v) is 5.76. The Kier molecular flexibility index (Phi) is 6.53. The van der Waals surface area contributed by atoms with Crippen LogP contribution in [0.1, 0.15) is 37.7 Å². The molecule has 0 saturated heterocycles. The van der Waals surface area contributed by atoms with Crippen molar-refractivity contribution in [3.63, 3.8) is 0 Å². The second-order valence-electron chi connectivity index (χ2n) is 7.91. The molecule has 1 aliphatic carbocycles. The van der Waals surface area contributed by atoms with Gasteiger partial charge in [0.05, 0.1) is 10.5 Å². The number of nitro groups is 1. The first kappa shape index (κ1) is 22.3. The smallest absolute Gasteiger partial charge is 0.336 e. The number of nitrogens with one attached hydrogen (secondary N) is 1. The first-order chi connectivity index (χ1) is 16.0. The highest BCUT2D eigenvalue weighted by molar-refractivity contribution is 6.03. The number of ketones is 1. The average Bonchev–Trinajstić information content (AvgIpc) is 2.81. The molecule has 8 heteroatoms. The maximum absolute atomic E-state index is 13.1. The molecule has 170 valence electrons. The van der Waals surface area contributed by atoms with E-state index in [0.29, 0.717) is 41.0 Å². The Morgan fingerprint density at radius 1 is 1.09 bits per heavy atom. The Morgan fingerprint density at radius 2 is 1.82 bits per heavy atom. The van der Waals surface area contributed by atoms with Crippen LogP contribution in [0.4, 0.5) is 5.69 Å². The van der Waals surface area contributed by atoms with Crippen molar-refractivity contribution in [3.8, 4) is 5.75 Å². The summed E-state index contributed by atoms with van der Waals surface area (Å²) in [6.45, 7) is 2.00. The molecule has 0 saturated carbocycles. The van der Waals surface area contributed by atoms with Crippen LogP contribution in [-0.4, -0.2) is 29.9 Å². The molecule has 0 aromatic heterocycles. The van der Waals surface area contributed by atoms with Crippen molar-refractivity contribution in [3.05, 3.63) is 92.8 Å². The summed E-state index contributed by atoms with van der Waals surface area (Å²) in [5.41, 5.74) is 2.86. The van der Waals surface area contributed by atoms with Crippen LogP contribution in [0.25, 0.3) is 0 Å². The molecule has 0 bridgehead atoms. The Morgan fingerprint density at radius 3 is 2.52 bits per heavy atom. The quantitative estimate of drug-likeness (QED) is 0.293. The van der Waals surface area contributed by atoms with E-state index in [2.05, 4.69) is 5.32 Å². The van der Waals surface area contributed by atoms with Gasteiger partial charge in [0, 0.05) is 41.4 Å². The third-order valence-electron chi connectivity index (χ3n) is 5.76. The molecule has 0 fully saturated rings. The monoisotopic (exact) mass is 448 g/mol. The number of dihydropyridines is 1. The molecule has 1 N–H and O–H groups in total. The van der Waals surface area contributed by atoms with Gasteiger partial charge in [0.1, 0.15) is 19.0 Å². The van der Waals surface area contributed by atoms with Crippen LogP contribution in [0.15, 0.2) is 77.1 Å². The summed E-state index contributed by atoms with van der Waals surface area (Å²) < 4.78 is 11.1. The van der Waals surface area contributed by atoms with Crippen molar-refractivity contribution in [2.75, 3.05) is 13.2 Å². The Bertz CT molecular complexity index is 1140. The van der Waals surface area contributed by atoms with Crippen molar-refractivity contribution >= 4 is 17.4 Å². The van der Waals surface area contributed by atoms with Crippen LogP contribution in [0.2, 0.25) is 0 Å². The SMILES string of the molecule is CC1=C(C(=O)OCCOc2ccccc2)C(c2ccc([N+](=O)[O-])cc2)C2=C(CCCC2=O)N1. The van der Waals surface area contributed by atoms with Crippen LogP contribution in [-0.2, 0) is 14.3 Å². The normalized spacial score (nSPS) is 17.8. The minimum absolute atomic E-state index is 0.0303. The van der Waals surface area contributed by atoms with E-state index >= 15 is 0 Å². The lowest BCUT2D eigenvalue weighted by Gasteiger charge is -2.34. The summed E-state index contributed by atoms with van der Waals surface area (Å²) in [5, 5.41) is 14.3. The molecular formula is C25H24N2O6. The molecule has 2 aromatic rings. The predicted octanol–water partition coefficient (Wildman–Crippen LogP) is 4.18. The first-order valence-corrected chi connectivity index (χ1v) is 10.8. The lowest BCUT2D eigenvalue weighted by atomic mass is 9.75. The van der Waals surface area contributed by atoms with Crippen LogP contribution < -0.4 is 10.1 Å². The van der Waals surface area contributed by atoms with Gasteiger partial charge in [-0.15, -0.1) is 0 Å². The number of carbonyl (C=O) groups is 2. The van der Waals surface area contributed by atoms with E-state index < -0.39 is 16.8 Å². The fourth-order valence-electron chi connectivity index (χ4n) is 4.26. The summed E-state index contributed by atoms with van der Waals surface area (Å²) in [5.74, 6) is -0.547.